The monoisotopic (exact) mass is 239 g/mol. The molecular weight excluding hydrogens is 222 g/mol. The molecule has 0 saturated carbocycles. The van der Waals surface area contributed by atoms with Crippen LogP contribution in [0, 0.1) is 0 Å². The van der Waals surface area contributed by atoms with Crippen molar-refractivity contribution in [1.29, 1.82) is 0 Å². The van der Waals surface area contributed by atoms with Gasteiger partial charge in [-0.2, -0.15) is 12.6 Å². The number of benzene rings is 1. The minimum atomic E-state index is -0.566. The second-order valence-corrected chi connectivity index (χ2v) is 5.10. The molecule has 0 radical (unpaired) electrons. The summed E-state index contributed by atoms with van der Waals surface area (Å²) >= 11 is 4.12. The van der Waals surface area contributed by atoms with Crippen LogP contribution in [-0.2, 0) is 4.79 Å². The molecule has 0 aliphatic rings. The molecule has 0 aliphatic carbocycles. The Morgan fingerprint density at radius 2 is 1.81 bits per heavy atom. The minimum absolute atomic E-state index is 0.231. The average Bonchev–Trinajstić information content (AvgIpc) is 2.15. The molecule has 0 heterocycles. The van der Waals surface area contributed by atoms with Crippen LogP contribution in [0.4, 0.5) is 0 Å². The van der Waals surface area contributed by atoms with Gasteiger partial charge in [0.05, 0.1) is 0 Å². The predicted molar refractivity (Wildman–Crippen MR) is 67.7 cm³/mol. The smallest absolute Gasteiger partial charge is 0.234 e. The molecular formula is C12H17NO2S. The largest absolute Gasteiger partial charge is 0.488 e. The Labute approximate surface area is 101 Å². The topological polar surface area (TPSA) is 52.3 Å². The maximum atomic E-state index is 10.9. The molecule has 1 atom stereocenters. The lowest BCUT2D eigenvalue weighted by molar-refractivity contribution is -0.117. The van der Waals surface area contributed by atoms with Gasteiger partial charge in [0.15, 0.2) is 0 Å². The fraction of sp³-hybridized carbons (Fsp3) is 0.417. The first kappa shape index (κ1) is 12.9. The number of hydrogen-bond acceptors (Lipinski definition) is 3. The van der Waals surface area contributed by atoms with Crippen molar-refractivity contribution in [2.45, 2.75) is 31.6 Å². The van der Waals surface area contributed by atoms with E-state index in [1.807, 2.05) is 32.9 Å². The Bertz CT molecular complexity index is 368. The molecule has 0 aromatic heterocycles. The third-order valence-corrected chi connectivity index (χ3v) is 2.44. The van der Waals surface area contributed by atoms with E-state index in [1.165, 1.54) is 0 Å². The normalized spacial score (nSPS) is 13.2. The predicted octanol–water partition coefficient (Wildman–Crippen LogP) is 2.32. The molecule has 0 fully saturated rings. The van der Waals surface area contributed by atoms with Gasteiger partial charge in [0.1, 0.15) is 16.6 Å². The van der Waals surface area contributed by atoms with Crippen molar-refractivity contribution in [1.82, 2.24) is 0 Å². The summed E-state index contributed by atoms with van der Waals surface area (Å²) in [6.45, 7) is 5.93. The molecule has 1 aromatic carbocycles. The first-order chi connectivity index (χ1) is 7.29. The molecule has 0 saturated heterocycles. The first-order valence-electron chi connectivity index (χ1n) is 5.06. The van der Waals surface area contributed by atoms with Gasteiger partial charge < -0.3 is 10.5 Å². The summed E-state index contributed by atoms with van der Waals surface area (Å²) in [6, 6.07) is 7.21. The fourth-order valence-electron chi connectivity index (χ4n) is 1.24. The van der Waals surface area contributed by atoms with Crippen molar-refractivity contribution in [3.8, 4) is 5.75 Å². The number of rotatable bonds is 3. The highest BCUT2D eigenvalue weighted by Crippen LogP contribution is 2.24. The molecule has 0 aliphatic heterocycles. The highest BCUT2D eigenvalue weighted by molar-refractivity contribution is 7.81. The lowest BCUT2D eigenvalue weighted by atomic mass is 10.1. The van der Waals surface area contributed by atoms with Crippen molar-refractivity contribution < 1.29 is 9.53 Å². The number of ether oxygens (including phenoxy) is 1. The molecule has 0 spiro atoms. The van der Waals surface area contributed by atoms with E-state index in [-0.39, 0.29) is 5.60 Å². The van der Waals surface area contributed by atoms with Crippen molar-refractivity contribution >= 4 is 18.5 Å². The second kappa shape index (κ2) is 4.78. The van der Waals surface area contributed by atoms with Crippen molar-refractivity contribution in [2.24, 2.45) is 5.73 Å². The van der Waals surface area contributed by atoms with Gasteiger partial charge in [0, 0.05) is 0 Å². The van der Waals surface area contributed by atoms with E-state index in [0.717, 1.165) is 11.3 Å². The van der Waals surface area contributed by atoms with E-state index in [4.69, 9.17) is 10.5 Å². The van der Waals surface area contributed by atoms with Crippen LogP contribution in [0.3, 0.4) is 0 Å². The third-order valence-electron chi connectivity index (χ3n) is 1.89. The lowest BCUT2D eigenvalue weighted by Crippen LogP contribution is -2.23. The van der Waals surface area contributed by atoms with Crippen LogP contribution in [0.5, 0.6) is 5.75 Å². The molecule has 1 unspecified atom stereocenters. The van der Waals surface area contributed by atoms with Crippen LogP contribution in [0.2, 0.25) is 0 Å². The SMILES string of the molecule is CC(C)(C)Oc1ccc(C(S)C(N)=O)cc1. The van der Waals surface area contributed by atoms with Crippen molar-refractivity contribution in [3.63, 3.8) is 0 Å². The zero-order valence-electron chi connectivity index (χ0n) is 9.73. The molecule has 0 bridgehead atoms. The Morgan fingerprint density at radius 3 is 2.19 bits per heavy atom. The van der Waals surface area contributed by atoms with Gasteiger partial charge in [0.2, 0.25) is 5.91 Å². The van der Waals surface area contributed by atoms with Gasteiger partial charge in [-0.05, 0) is 38.5 Å². The van der Waals surface area contributed by atoms with Crippen molar-refractivity contribution in [3.05, 3.63) is 29.8 Å². The van der Waals surface area contributed by atoms with Crippen LogP contribution in [-0.4, -0.2) is 11.5 Å². The minimum Gasteiger partial charge on any atom is -0.488 e. The lowest BCUT2D eigenvalue weighted by Gasteiger charge is -2.21. The third kappa shape index (κ3) is 3.77. The number of primary amides is 1. The Morgan fingerprint density at radius 1 is 1.31 bits per heavy atom. The standard InChI is InChI=1S/C12H17NO2S/c1-12(2,3)15-9-6-4-8(5-7-9)10(16)11(13)14/h4-7,10,16H,1-3H3,(H2,13,14). The molecule has 1 amide bonds. The van der Waals surface area contributed by atoms with Crippen LogP contribution in [0.25, 0.3) is 0 Å². The van der Waals surface area contributed by atoms with Crippen LogP contribution >= 0.6 is 12.6 Å². The molecule has 1 rings (SSSR count). The zero-order chi connectivity index (χ0) is 12.3. The molecule has 1 aromatic rings. The fourth-order valence-corrected chi connectivity index (χ4v) is 1.41. The Hall–Kier alpha value is -1.16. The van der Waals surface area contributed by atoms with E-state index in [9.17, 15) is 4.79 Å². The number of amides is 1. The van der Waals surface area contributed by atoms with Gasteiger partial charge in [-0.15, -0.1) is 0 Å². The van der Waals surface area contributed by atoms with E-state index >= 15 is 0 Å². The van der Waals surface area contributed by atoms with Crippen LogP contribution < -0.4 is 10.5 Å². The zero-order valence-corrected chi connectivity index (χ0v) is 10.6. The van der Waals surface area contributed by atoms with Gasteiger partial charge in [0.25, 0.3) is 0 Å². The number of thiol groups is 1. The maximum Gasteiger partial charge on any atom is 0.234 e. The first-order valence-corrected chi connectivity index (χ1v) is 5.57. The quantitative estimate of drug-likeness (QED) is 0.795. The summed E-state index contributed by atoms with van der Waals surface area (Å²) in [5.41, 5.74) is 5.71. The highest BCUT2D eigenvalue weighted by atomic mass is 32.1. The maximum absolute atomic E-state index is 10.9. The number of carbonyl (C=O) groups excluding carboxylic acids is 1. The Kier molecular flexibility index (Phi) is 3.86. The van der Waals surface area contributed by atoms with Crippen LogP contribution in [0.15, 0.2) is 24.3 Å². The van der Waals surface area contributed by atoms with E-state index in [2.05, 4.69) is 12.6 Å². The van der Waals surface area contributed by atoms with Gasteiger partial charge >= 0.3 is 0 Å². The van der Waals surface area contributed by atoms with Crippen LogP contribution in [0.1, 0.15) is 31.6 Å². The molecule has 88 valence electrons. The van der Waals surface area contributed by atoms with E-state index < -0.39 is 11.2 Å². The summed E-state index contributed by atoms with van der Waals surface area (Å²) in [7, 11) is 0. The molecule has 2 N–H and O–H groups in total. The summed E-state index contributed by atoms with van der Waals surface area (Å²) < 4.78 is 5.66. The number of carbonyl (C=O) groups is 1. The summed E-state index contributed by atoms with van der Waals surface area (Å²) in [4.78, 5) is 10.9. The van der Waals surface area contributed by atoms with E-state index in [1.54, 1.807) is 12.1 Å². The number of nitrogens with two attached hydrogens (primary N) is 1. The summed E-state index contributed by atoms with van der Waals surface area (Å²) in [6.07, 6.45) is 0. The molecule has 16 heavy (non-hydrogen) atoms. The van der Waals surface area contributed by atoms with Gasteiger partial charge in [-0.25, -0.2) is 0 Å². The van der Waals surface area contributed by atoms with Gasteiger partial charge in [-0.1, -0.05) is 12.1 Å². The second-order valence-electron chi connectivity index (χ2n) is 4.59. The summed E-state index contributed by atoms with van der Waals surface area (Å²) in [5.74, 6) is 0.314. The Balaban J connectivity index is 2.79. The number of hydrogen-bond donors (Lipinski definition) is 2. The van der Waals surface area contributed by atoms with Gasteiger partial charge in [-0.3, -0.25) is 4.79 Å². The van der Waals surface area contributed by atoms with Crippen molar-refractivity contribution in [2.75, 3.05) is 0 Å². The molecule has 3 nitrogen and oxygen atoms in total. The van der Waals surface area contributed by atoms with E-state index in [0.29, 0.717) is 0 Å². The molecule has 4 heteroatoms. The highest BCUT2D eigenvalue weighted by Gasteiger charge is 2.14. The summed E-state index contributed by atoms with van der Waals surface area (Å²) in [5, 5.41) is -0.566. The average molecular weight is 239 g/mol.